The van der Waals surface area contributed by atoms with Crippen LogP contribution >= 0.6 is 11.6 Å². The van der Waals surface area contributed by atoms with Crippen LogP contribution in [0.5, 0.6) is 17.2 Å². The molecule has 3 heterocycles. The minimum atomic E-state index is -0.431. The Labute approximate surface area is 236 Å². The Morgan fingerprint density at radius 1 is 1.05 bits per heavy atom. The molecule has 1 atom stereocenters. The number of amides is 1. The third-order valence-electron chi connectivity index (χ3n) is 7.00. The van der Waals surface area contributed by atoms with E-state index in [9.17, 15) is 4.79 Å². The van der Waals surface area contributed by atoms with Gasteiger partial charge < -0.3 is 19.2 Å². The van der Waals surface area contributed by atoms with Crippen LogP contribution in [0.4, 0.5) is 4.79 Å². The third-order valence-corrected chi connectivity index (χ3v) is 7.24. The Kier molecular flexibility index (Phi) is 7.29. The molecule has 1 aliphatic rings. The van der Waals surface area contributed by atoms with Gasteiger partial charge in [0.1, 0.15) is 11.8 Å². The standard InChI is InChI=1S/C30H28ClN5O4/c1-38-27-18-20(8-11-26(27)39-17-5-15-36-32-13-14-33-36)29-28-23(24-19-21(31)9-10-25(24)34-28)12-16-35(29)30(37)40-22-6-3-2-4-7-22/h2-4,6-11,13-14,18-19,29,34H,5,12,15-17H2,1H3. The molecule has 1 unspecified atom stereocenters. The number of ether oxygens (including phenoxy) is 3. The average Bonchev–Trinajstić information content (AvgIpc) is 3.63. The number of carbonyl (C=O) groups excluding carboxylic acids is 1. The number of hydrogen-bond acceptors (Lipinski definition) is 6. The van der Waals surface area contributed by atoms with Crippen molar-refractivity contribution in [3.05, 3.63) is 101 Å². The molecule has 40 heavy (non-hydrogen) atoms. The lowest BCUT2D eigenvalue weighted by atomic mass is 9.92. The fourth-order valence-electron chi connectivity index (χ4n) is 5.17. The highest BCUT2D eigenvalue weighted by atomic mass is 35.5. The van der Waals surface area contributed by atoms with E-state index in [0.717, 1.165) is 34.1 Å². The quantitative estimate of drug-likeness (QED) is 0.234. The smallest absolute Gasteiger partial charge is 0.416 e. The lowest BCUT2D eigenvalue weighted by Crippen LogP contribution is -2.42. The molecule has 204 valence electrons. The van der Waals surface area contributed by atoms with Gasteiger partial charge in [0.05, 0.1) is 32.7 Å². The van der Waals surface area contributed by atoms with Crippen LogP contribution in [-0.2, 0) is 13.0 Å². The minimum Gasteiger partial charge on any atom is -0.493 e. The van der Waals surface area contributed by atoms with E-state index in [-0.39, 0.29) is 0 Å². The fraction of sp³-hybridized carbons (Fsp3) is 0.233. The van der Waals surface area contributed by atoms with Crippen molar-refractivity contribution in [3.63, 3.8) is 0 Å². The summed E-state index contributed by atoms with van der Waals surface area (Å²) >= 11 is 6.34. The van der Waals surface area contributed by atoms with Crippen LogP contribution in [0.3, 0.4) is 0 Å². The Bertz CT molecular complexity index is 1620. The second-order valence-corrected chi connectivity index (χ2v) is 9.91. The summed E-state index contributed by atoms with van der Waals surface area (Å²) in [6.45, 7) is 1.61. The molecule has 9 nitrogen and oxygen atoms in total. The first-order chi connectivity index (χ1) is 19.6. The zero-order valence-electron chi connectivity index (χ0n) is 21.9. The monoisotopic (exact) mass is 557 g/mol. The Morgan fingerprint density at radius 2 is 1.88 bits per heavy atom. The molecule has 10 heteroatoms. The van der Waals surface area contributed by atoms with E-state index in [0.29, 0.717) is 48.4 Å². The summed E-state index contributed by atoms with van der Waals surface area (Å²) in [6.07, 6.45) is 4.28. The highest BCUT2D eigenvalue weighted by Crippen LogP contribution is 2.41. The Morgan fingerprint density at radius 3 is 2.67 bits per heavy atom. The minimum absolute atomic E-state index is 0.426. The lowest BCUT2D eigenvalue weighted by Gasteiger charge is -2.35. The summed E-state index contributed by atoms with van der Waals surface area (Å²) in [5.74, 6) is 1.70. The molecule has 6 rings (SSSR count). The number of hydrogen-bond donors (Lipinski definition) is 1. The number of para-hydroxylation sites is 1. The van der Waals surface area contributed by atoms with E-state index < -0.39 is 12.1 Å². The SMILES string of the molecule is COc1cc(C2c3[nH]c4ccc(Cl)cc4c3CCN2C(=O)Oc2ccccc2)ccc1OCCCn1nccn1. The van der Waals surface area contributed by atoms with Crippen LogP contribution in [0.25, 0.3) is 10.9 Å². The Hall–Kier alpha value is -4.50. The van der Waals surface area contributed by atoms with Crippen LogP contribution in [0.1, 0.15) is 29.3 Å². The number of aryl methyl sites for hydroxylation is 1. The predicted octanol–water partition coefficient (Wildman–Crippen LogP) is 6.04. The molecule has 0 aliphatic carbocycles. The summed E-state index contributed by atoms with van der Waals surface area (Å²) in [4.78, 5) is 20.5. The zero-order chi connectivity index (χ0) is 27.5. The van der Waals surface area contributed by atoms with Crippen molar-refractivity contribution in [2.45, 2.75) is 25.4 Å². The average molecular weight is 558 g/mol. The summed E-state index contributed by atoms with van der Waals surface area (Å²) in [7, 11) is 1.61. The molecule has 0 bridgehead atoms. The second kappa shape index (κ2) is 11.3. The molecule has 0 saturated carbocycles. The van der Waals surface area contributed by atoms with Crippen molar-refractivity contribution >= 4 is 28.6 Å². The van der Waals surface area contributed by atoms with Crippen LogP contribution in [0.2, 0.25) is 5.02 Å². The van der Waals surface area contributed by atoms with Crippen molar-refractivity contribution in [1.29, 1.82) is 0 Å². The number of carbonyl (C=O) groups is 1. The number of rotatable bonds is 8. The molecular weight excluding hydrogens is 530 g/mol. The van der Waals surface area contributed by atoms with E-state index in [1.165, 1.54) is 0 Å². The van der Waals surface area contributed by atoms with Crippen molar-refractivity contribution in [3.8, 4) is 17.2 Å². The van der Waals surface area contributed by atoms with E-state index in [2.05, 4.69) is 15.2 Å². The summed E-state index contributed by atoms with van der Waals surface area (Å²) in [5, 5.41) is 9.96. The van der Waals surface area contributed by atoms with Gasteiger partial charge in [0, 0.05) is 34.6 Å². The first-order valence-corrected chi connectivity index (χ1v) is 13.5. The highest BCUT2D eigenvalue weighted by Gasteiger charge is 2.36. The fourth-order valence-corrected chi connectivity index (χ4v) is 5.34. The number of aromatic nitrogens is 4. The van der Waals surface area contributed by atoms with E-state index >= 15 is 0 Å². The topological polar surface area (TPSA) is 94.5 Å². The van der Waals surface area contributed by atoms with Crippen molar-refractivity contribution in [2.24, 2.45) is 0 Å². The maximum absolute atomic E-state index is 13.5. The second-order valence-electron chi connectivity index (χ2n) is 9.47. The normalized spacial score (nSPS) is 14.7. The van der Waals surface area contributed by atoms with Crippen LogP contribution in [-0.4, -0.2) is 51.2 Å². The number of aromatic amines is 1. The number of benzene rings is 3. The number of nitrogens with one attached hydrogen (secondary N) is 1. The summed E-state index contributed by atoms with van der Waals surface area (Å²) < 4.78 is 17.5. The van der Waals surface area contributed by atoms with Crippen molar-refractivity contribution in [2.75, 3.05) is 20.3 Å². The van der Waals surface area contributed by atoms with Crippen LogP contribution < -0.4 is 14.2 Å². The molecule has 0 saturated heterocycles. The molecule has 2 aromatic heterocycles. The number of nitrogens with zero attached hydrogens (tertiary/aromatic N) is 4. The predicted molar refractivity (Wildman–Crippen MR) is 151 cm³/mol. The summed E-state index contributed by atoms with van der Waals surface area (Å²) in [5.41, 5.74) is 3.90. The van der Waals surface area contributed by atoms with Crippen molar-refractivity contribution in [1.82, 2.24) is 24.9 Å². The maximum Gasteiger partial charge on any atom is 0.416 e. The van der Waals surface area contributed by atoms with Gasteiger partial charge in [-0.1, -0.05) is 35.9 Å². The maximum atomic E-state index is 13.5. The van der Waals surface area contributed by atoms with Gasteiger partial charge in [0.15, 0.2) is 11.5 Å². The molecule has 0 radical (unpaired) electrons. The largest absolute Gasteiger partial charge is 0.493 e. The number of halogens is 1. The van der Waals surface area contributed by atoms with Gasteiger partial charge in [-0.05, 0) is 60.0 Å². The molecule has 1 amide bonds. The molecule has 0 fully saturated rings. The molecular formula is C30H28ClN5O4. The number of fused-ring (bicyclic) bond motifs is 3. The van der Waals surface area contributed by atoms with Crippen LogP contribution in [0, 0.1) is 0 Å². The summed E-state index contributed by atoms with van der Waals surface area (Å²) in [6, 6.07) is 20.2. The highest BCUT2D eigenvalue weighted by molar-refractivity contribution is 6.31. The lowest BCUT2D eigenvalue weighted by molar-refractivity contribution is 0.135. The molecule has 1 aliphatic heterocycles. The van der Waals surface area contributed by atoms with Gasteiger partial charge in [-0.25, -0.2) is 4.79 Å². The van der Waals surface area contributed by atoms with Gasteiger partial charge in [0.25, 0.3) is 0 Å². The first kappa shape index (κ1) is 25.8. The molecule has 3 aromatic carbocycles. The zero-order valence-corrected chi connectivity index (χ0v) is 22.7. The molecule has 1 N–H and O–H groups in total. The number of methoxy groups -OCH3 is 1. The number of H-pyrrole nitrogens is 1. The molecule has 5 aromatic rings. The van der Waals surface area contributed by atoms with Gasteiger partial charge in [-0.3, -0.25) is 4.90 Å². The van der Waals surface area contributed by atoms with Crippen molar-refractivity contribution < 1.29 is 19.0 Å². The van der Waals surface area contributed by atoms with Gasteiger partial charge in [-0.2, -0.15) is 15.0 Å². The van der Waals surface area contributed by atoms with Gasteiger partial charge >= 0.3 is 6.09 Å². The Balaban J connectivity index is 1.32. The van der Waals surface area contributed by atoms with Crippen LogP contribution in [0.15, 0.2) is 79.1 Å². The van der Waals surface area contributed by atoms with E-state index in [1.807, 2.05) is 54.6 Å². The van der Waals surface area contributed by atoms with Gasteiger partial charge in [-0.15, -0.1) is 0 Å². The first-order valence-electron chi connectivity index (χ1n) is 13.1. The van der Waals surface area contributed by atoms with Gasteiger partial charge in [0.2, 0.25) is 0 Å². The molecule has 0 spiro atoms. The van der Waals surface area contributed by atoms with E-state index in [1.54, 1.807) is 41.3 Å². The third kappa shape index (κ3) is 5.20. The van der Waals surface area contributed by atoms with E-state index in [4.69, 9.17) is 25.8 Å².